The van der Waals surface area contributed by atoms with E-state index in [1.165, 1.54) is 6.20 Å². The van der Waals surface area contributed by atoms with E-state index in [0.29, 0.717) is 43.2 Å². The molecule has 2 amide bonds. The van der Waals surface area contributed by atoms with Crippen LogP contribution in [0.15, 0.2) is 48.9 Å². The highest BCUT2D eigenvalue weighted by molar-refractivity contribution is 14.1. The standard InChI is InChI=1S/C25H27IN8O3/c26-34-9-7-33(8-10-34)25(36)18-3-1-17(2-4-18)19-16-29-23(27)22(30-19)24(35)31-20-15-28-6-5-21(20)32-11-13-37-14-12-32/h1-6,15-16H,7-14H2,(H2,27,29)(H,31,35). The van der Waals surface area contributed by atoms with Crippen LogP contribution in [0.3, 0.4) is 0 Å². The summed E-state index contributed by atoms with van der Waals surface area (Å²) in [6, 6.07) is 9.02. The number of carbonyl (C=O) groups is 2. The number of nitrogens with zero attached hydrogens (tertiary/aromatic N) is 6. The molecule has 1 aromatic carbocycles. The molecule has 2 saturated heterocycles. The van der Waals surface area contributed by atoms with E-state index in [2.05, 4.69) is 51.1 Å². The predicted molar refractivity (Wildman–Crippen MR) is 149 cm³/mol. The number of benzene rings is 1. The number of nitrogen functional groups attached to an aromatic ring is 1. The van der Waals surface area contributed by atoms with Crippen molar-refractivity contribution < 1.29 is 14.3 Å². The van der Waals surface area contributed by atoms with Crippen molar-refractivity contribution in [3.05, 3.63) is 60.2 Å². The zero-order valence-electron chi connectivity index (χ0n) is 20.1. The molecular weight excluding hydrogens is 587 g/mol. The number of amides is 2. The third-order valence-corrected chi connectivity index (χ3v) is 7.32. The molecule has 2 aliphatic heterocycles. The van der Waals surface area contributed by atoms with Crippen LogP contribution in [-0.2, 0) is 4.74 Å². The molecule has 2 aliphatic rings. The Morgan fingerprint density at radius 1 is 0.973 bits per heavy atom. The van der Waals surface area contributed by atoms with Gasteiger partial charge in [-0.1, -0.05) is 12.1 Å². The lowest BCUT2D eigenvalue weighted by Gasteiger charge is -2.31. The first-order chi connectivity index (χ1) is 18.0. The molecular formula is C25H27IN8O3. The van der Waals surface area contributed by atoms with Crippen molar-refractivity contribution in [2.24, 2.45) is 0 Å². The van der Waals surface area contributed by atoms with Crippen molar-refractivity contribution in [2.75, 3.05) is 68.4 Å². The molecule has 2 fully saturated rings. The monoisotopic (exact) mass is 614 g/mol. The number of aromatic nitrogens is 3. The lowest BCUT2D eigenvalue weighted by Crippen LogP contribution is -2.45. The van der Waals surface area contributed by atoms with Crippen LogP contribution in [0.4, 0.5) is 17.2 Å². The summed E-state index contributed by atoms with van der Waals surface area (Å²) in [7, 11) is 0. The van der Waals surface area contributed by atoms with Gasteiger partial charge < -0.3 is 25.6 Å². The zero-order valence-corrected chi connectivity index (χ0v) is 22.3. The first-order valence-electron chi connectivity index (χ1n) is 12.0. The van der Waals surface area contributed by atoms with Crippen molar-refractivity contribution in [3.8, 4) is 11.3 Å². The van der Waals surface area contributed by atoms with E-state index in [9.17, 15) is 9.59 Å². The highest BCUT2D eigenvalue weighted by atomic mass is 127. The smallest absolute Gasteiger partial charge is 0.278 e. The lowest BCUT2D eigenvalue weighted by atomic mass is 10.1. The number of anilines is 3. The fourth-order valence-corrected chi connectivity index (χ4v) is 4.73. The zero-order chi connectivity index (χ0) is 25.8. The van der Waals surface area contributed by atoms with Crippen LogP contribution in [0.1, 0.15) is 20.8 Å². The van der Waals surface area contributed by atoms with E-state index in [1.54, 1.807) is 36.7 Å². The minimum atomic E-state index is -0.476. The van der Waals surface area contributed by atoms with E-state index in [0.717, 1.165) is 37.4 Å². The molecule has 0 spiro atoms. The number of halogens is 1. The van der Waals surface area contributed by atoms with Gasteiger partial charge in [-0.25, -0.2) is 13.1 Å². The van der Waals surface area contributed by atoms with Crippen LogP contribution in [0.2, 0.25) is 0 Å². The number of carbonyl (C=O) groups excluding carboxylic acids is 2. The molecule has 0 bridgehead atoms. The maximum Gasteiger partial charge on any atom is 0.278 e. The first-order valence-corrected chi connectivity index (χ1v) is 13.0. The first kappa shape index (κ1) is 25.3. The molecule has 0 radical (unpaired) electrons. The summed E-state index contributed by atoms with van der Waals surface area (Å²) >= 11 is 2.28. The van der Waals surface area contributed by atoms with Crippen molar-refractivity contribution in [1.82, 2.24) is 23.0 Å². The number of nitrogens with one attached hydrogen (secondary N) is 1. The van der Waals surface area contributed by atoms with Gasteiger partial charge in [0.05, 0.1) is 42.7 Å². The summed E-state index contributed by atoms with van der Waals surface area (Å²) in [5.41, 5.74) is 9.29. The van der Waals surface area contributed by atoms with Gasteiger partial charge in [-0.3, -0.25) is 14.6 Å². The van der Waals surface area contributed by atoms with E-state index in [-0.39, 0.29) is 17.4 Å². The van der Waals surface area contributed by atoms with Crippen LogP contribution >= 0.6 is 22.9 Å². The molecule has 11 nitrogen and oxygen atoms in total. The Morgan fingerprint density at radius 3 is 2.43 bits per heavy atom. The largest absolute Gasteiger partial charge is 0.382 e. The summed E-state index contributed by atoms with van der Waals surface area (Å²) in [6.07, 6.45) is 4.81. The van der Waals surface area contributed by atoms with Gasteiger partial charge in [0.2, 0.25) is 0 Å². The summed E-state index contributed by atoms with van der Waals surface area (Å²) < 4.78 is 7.61. The predicted octanol–water partition coefficient (Wildman–Crippen LogP) is 2.32. The highest BCUT2D eigenvalue weighted by Crippen LogP contribution is 2.27. The van der Waals surface area contributed by atoms with Crippen LogP contribution < -0.4 is 16.0 Å². The molecule has 0 atom stereocenters. The molecule has 0 aliphatic carbocycles. The number of morpholine rings is 1. The summed E-state index contributed by atoms with van der Waals surface area (Å²) in [6.45, 7) is 5.79. The fraction of sp³-hybridized carbons (Fsp3) is 0.320. The Labute approximate surface area is 228 Å². The Morgan fingerprint density at radius 2 is 1.70 bits per heavy atom. The molecule has 12 heteroatoms. The number of rotatable bonds is 5. The SMILES string of the molecule is Nc1ncc(-c2ccc(C(=O)N3CCN(I)CC3)cc2)nc1C(=O)Nc1cnccc1N1CCOCC1. The summed E-state index contributed by atoms with van der Waals surface area (Å²) in [4.78, 5) is 42.9. The Hall–Kier alpha value is -3.36. The second kappa shape index (κ2) is 11.4. The second-order valence-corrected chi connectivity index (χ2v) is 10.1. The quantitative estimate of drug-likeness (QED) is 0.329. The maximum absolute atomic E-state index is 13.2. The van der Waals surface area contributed by atoms with Crippen LogP contribution in [0.25, 0.3) is 11.3 Å². The normalized spacial score (nSPS) is 16.5. The lowest BCUT2D eigenvalue weighted by molar-refractivity contribution is 0.0711. The Bertz CT molecular complexity index is 1280. The number of hydrogen-bond acceptors (Lipinski definition) is 9. The molecule has 3 N–H and O–H groups in total. The fourth-order valence-electron chi connectivity index (χ4n) is 4.30. The third-order valence-electron chi connectivity index (χ3n) is 6.35. The van der Waals surface area contributed by atoms with Gasteiger partial charge in [0, 0.05) is 79.5 Å². The molecule has 0 unspecified atom stereocenters. The van der Waals surface area contributed by atoms with Crippen LogP contribution in [0, 0.1) is 0 Å². The molecule has 0 saturated carbocycles. The molecule has 192 valence electrons. The van der Waals surface area contributed by atoms with Gasteiger partial charge in [-0.2, -0.15) is 0 Å². The van der Waals surface area contributed by atoms with Crippen LogP contribution in [0.5, 0.6) is 0 Å². The van der Waals surface area contributed by atoms with Crippen molar-refractivity contribution in [3.63, 3.8) is 0 Å². The molecule has 37 heavy (non-hydrogen) atoms. The van der Waals surface area contributed by atoms with Crippen molar-refractivity contribution in [2.45, 2.75) is 0 Å². The van der Waals surface area contributed by atoms with E-state index >= 15 is 0 Å². The van der Waals surface area contributed by atoms with E-state index in [1.807, 2.05) is 11.0 Å². The third kappa shape index (κ3) is 5.81. The topological polar surface area (TPSA) is 130 Å². The number of hydrogen-bond donors (Lipinski definition) is 2. The Kier molecular flexibility index (Phi) is 7.76. The number of piperazine rings is 1. The maximum atomic E-state index is 13.2. The minimum Gasteiger partial charge on any atom is -0.382 e. The average molecular weight is 614 g/mol. The Balaban J connectivity index is 1.32. The number of nitrogens with two attached hydrogens (primary N) is 1. The van der Waals surface area contributed by atoms with Gasteiger partial charge in [0.25, 0.3) is 11.8 Å². The highest BCUT2D eigenvalue weighted by Gasteiger charge is 2.22. The number of ether oxygens (including phenoxy) is 1. The molecule has 3 aromatic rings. The van der Waals surface area contributed by atoms with Crippen LogP contribution in [-0.4, -0.2) is 87.3 Å². The van der Waals surface area contributed by atoms with Gasteiger partial charge in [0.1, 0.15) is 0 Å². The molecule has 4 heterocycles. The minimum absolute atomic E-state index is 0.00653. The van der Waals surface area contributed by atoms with Crippen molar-refractivity contribution in [1.29, 1.82) is 0 Å². The van der Waals surface area contributed by atoms with Gasteiger partial charge in [0.15, 0.2) is 11.5 Å². The number of pyridine rings is 1. The van der Waals surface area contributed by atoms with E-state index < -0.39 is 5.91 Å². The van der Waals surface area contributed by atoms with Crippen molar-refractivity contribution >= 4 is 51.9 Å². The molecule has 5 rings (SSSR count). The molecule has 2 aromatic heterocycles. The van der Waals surface area contributed by atoms with Gasteiger partial charge in [-0.05, 0) is 18.2 Å². The second-order valence-electron chi connectivity index (χ2n) is 8.71. The summed E-state index contributed by atoms with van der Waals surface area (Å²) in [5.74, 6) is -0.443. The van der Waals surface area contributed by atoms with Gasteiger partial charge in [-0.15, -0.1) is 0 Å². The average Bonchev–Trinajstić information content (AvgIpc) is 2.94. The summed E-state index contributed by atoms with van der Waals surface area (Å²) in [5, 5.41) is 2.89. The van der Waals surface area contributed by atoms with E-state index in [4.69, 9.17) is 10.5 Å². The van der Waals surface area contributed by atoms with Gasteiger partial charge >= 0.3 is 0 Å².